The summed E-state index contributed by atoms with van der Waals surface area (Å²) >= 11 is 0. The molecular formula is C6H14N2Si2. The lowest BCUT2D eigenvalue weighted by Gasteiger charge is -2.64. The van der Waals surface area contributed by atoms with E-state index in [1.807, 2.05) is 0 Å². The van der Waals surface area contributed by atoms with Gasteiger partial charge >= 0.3 is 0 Å². The molecule has 0 atom stereocenters. The quantitative estimate of drug-likeness (QED) is 0.527. The van der Waals surface area contributed by atoms with Crippen LogP contribution in [0.1, 0.15) is 12.8 Å². The minimum atomic E-state index is -0.834. The second-order valence-electron chi connectivity index (χ2n) is 4.12. The molecule has 4 heteroatoms. The fourth-order valence-corrected chi connectivity index (χ4v) is 15.9. The Hall–Kier alpha value is 0.354. The molecule has 3 saturated heterocycles. The zero-order valence-electron chi connectivity index (χ0n) is 6.24. The fraction of sp³-hybridized carbons (Fsp3) is 1.00. The van der Waals surface area contributed by atoms with Gasteiger partial charge in [-0.15, -0.1) is 0 Å². The van der Waals surface area contributed by atoms with Crippen LogP contribution in [0.4, 0.5) is 0 Å². The first-order valence-corrected chi connectivity index (χ1v) is 9.24. The summed E-state index contributed by atoms with van der Waals surface area (Å²) in [5.74, 6) is 0. The van der Waals surface area contributed by atoms with Crippen LogP contribution in [0, 0.1) is 0 Å². The molecule has 3 aliphatic rings. The molecule has 3 aliphatic heterocycles. The molecule has 3 fully saturated rings. The lowest BCUT2D eigenvalue weighted by molar-refractivity contribution is 0.712. The highest BCUT2D eigenvalue weighted by Crippen LogP contribution is 2.42. The lowest BCUT2D eigenvalue weighted by Crippen LogP contribution is -2.95. The van der Waals surface area contributed by atoms with Gasteiger partial charge in [-0.05, 0) is 24.2 Å². The van der Waals surface area contributed by atoms with E-state index >= 15 is 0 Å². The molecule has 56 valence electrons. The predicted octanol–water partition coefficient (Wildman–Crippen LogP) is 0.871. The summed E-state index contributed by atoms with van der Waals surface area (Å²) in [5.41, 5.74) is 0. The molecule has 0 saturated carbocycles. The molecule has 0 aromatic heterocycles. The molecule has 0 aliphatic carbocycles. The van der Waals surface area contributed by atoms with E-state index in [4.69, 9.17) is 0 Å². The number of hydrogen-bond donors (Lipinski definition) is 2. The van der Waals surface area contributed by atoms with E-state index in [0.29, 0.717) is 0 Å². The Bertz CT molecular complexity index is 147. The zero-order chi connectivity index (χ0) is 6.66. The third-order valence-electron chi connectivity index (χ3n) is 3.37. The number of rotatable bonds is 0. The molecule has 0 aromatic rings. The summed E-state index contributed by atoms with van der Waals surface area (Å²) in [6.07, 6.45) is 2.99. The van der Waals surface area contributed by atoms with Crippen molar-refractivity contribution in [3.05, 3.63) is 0 Å². The third kappa shape index (κ3) is 0.562. The van der Waals surface area contributed by atoms with Crippen LogP contribution in [-0.2, 0) is 0 Å². The van der Waals surface area contributed by atoms with Gasteiger partial charge in [0, 0.05) is 0 Å². The molecular weight excluding hydrogens is 156 g/mol. The maximum Gasteiger partial charge on any atom is 0.190 e. The van der Waals surface area contributed by atoms with Crippen molar-refractivity contribution in [3.63, 3.8) is 0 Å². The maximum absolute atomic E-state index is 3.97. The minimum Gasteiger partial charge on any atom is -0.336 e. The summed E-state index contributed by atoms with van der Waals surface area (Å²) in [5, 5.41) is 0. The van der Waals surface area contributed by atoms with Gasteiger partial charge in [-0.25, -0.2) is 0 Å². The highest BCUT2D eigenvalue weighted by Gasteiger charge is 2.61. The molecule has 0 unspecified atom stereocenters. The summed E-state index contributed by atoms with van der Waals surface area (Å²) in [6, 6.07) is 6.12. The second-order valence-corrected chi connectivity index (χ2v) is 12.4. The van der Waals surface area contributed by atoms with E-state index in [0.717, 1.165) is 0 Å². The molecule has 3 rings (SSSR count). The van der Waals surface area contributed by atoms with Crippen LogP contribution in [-0.4, -0.2) is 16.8 Å². The van der Waals surface area contributed by atoms with Crippen LogP contribution in [0.2, 0.25) is 24.2 Å². The molecule has 0 radical (unpaired) electrons. The Kier molecular flexibility index (Phi) is 0.935. The Morgan fingerprint density at radius 2 is 1.10 bits per heavy atom. The van der Waals surface area contributed by atoms with Crippen LogP contribution < -0.4 is 9.30 Å². The highest BCUT2D eigenvalue weighted by molar-refractivity contribution is 7.08. The molecule has 0 amide bonds. The number of nitrogens with one attached hydrogen (secondary N) is 2. The average molecular weight is 170 g/mol. The van der Waals surface area contributed by atoms with Gasteiger partial charge in [0.15, 0.2) is 16.8 Å². The summed E-state index contributed by atoms with van der Waals surface area (Å²) < 4.78 is 7.94. The monoisotopic (exact) mass is 170 g/mol. The van der Waals surface area contributed by atoms with Crippen molar-refractivity contribution in [1.82, 2.24) is 9.30 Å². The summed E-state index contributed by atoms with van der Waals surface area (Å²) in [4.78, 5) is 0. The molecule has 2 N–H and O–H groups in total. The normalized spacial score (nSPS) is 38.4. The van der Waals surface area contributed by atoms with Crippen molar-refractivity contribution >= 4 is 16.8 Å². The van der Waals surface area contributed by atoms with Gasteiger partial charge in [0.25, 0.3) is 0 Å². The molecule has 0 bridgehead atoms. The van der Waals surface area contributed by atoms with E-state index in [-0.39, 0.29) is 0 Å². The van der Waals surface area contributed by atoms with Gasteiger partial charge in [-0.2, -0.15) is 0 Å². The first-order chi connectivity index (χ1) is 4.83. The standard InChI is InChI=1S/C6H14N2Si2/c1-3-9(4-1)7-10(8-9)5-2-6-10/h7-8H,1-6H2. The predicted molar refractivity (Wildman–Crippen MR) is 46.2 cm³/mol. The van der Waals surface area contributed by atoms with Crippen molar-refractivity contribution in [2.24, 2.45) is 0 Å². The third-order valence-corrected chi connectivity index (χ3v) is 15.9. The van der Waals surface area contributed by atoms with Gasteiger partial charge in [-0.1, -0.05) is 12.8 Å². The first-order valence-electron chi connectivity index (χ1n) is 4.41. The van der Waals surface area contributed by atoms with Gasteiger partial charge in [0.1, 0.15) is 0 Å². The van der Waals surface area contributed by atoms with E-state index in [9.17, 15) is 0 Å². The van der Waals surface area contributed by atoms with Crippen molar-refractivity contribution in [2.75, 3.05) is 0 Å². The topological polar surface area (TPSA) is 24.1 Å². The van der Waals surface area contributed by atoms with Crippen molar-refractivity contribution in [3.8, 4) is 0 Å². The van der Waals surface area contributed by atoms with Crippen LogP contribution in [0.15, 0.2) is 0 Å². The maximum atomic E-state index is 3.97. The van der Waals surface area contributed by atoms with E-state index in [1.165, 1.54) is 37.0 Å². The van der Waals surface area contributed by atoms with Crippen molar-refractivity contribution in [2.45, 2.75) is 37.0 Å². The molecule has 3 heterocycles. The van der Waals surface area contributed by atoms with Gasteiger partial charge in [0.2, 0.25) is 0 Å². The molecule has 2 spiro atoms. The smallest absolute Gasteiger partial charge is 0.190 e. The number of hydrogen-bond acceptors (Lipinski definition) is 2. The first kappa shape index (κ1) is 5.94. The zero-order valence-corrected chi connectivity index (χ0v) is 8.24. The lowest BCUT2D eigenvalue weighted by atomic mass is 10.5. The van der Waals surface area contributed by atoms with Crippen molar-refractivity contribution < 1.29 is 0 Å². The average Bonchev–Trinajstić information content (AvgIpc) is 1.52. The second kappa shape index (κ2) is 1.58. The molecule has 10 heavy (non-hydrogen) atoms. The van der Waals surface area contributed by atoms with Crippen LogP contribution >= 0.6 is 0 Å². The van der Waals surface area contributed by atoms with Gasteiger partial charge in [0.05, 0.1) is 0 Å². The Morgan fingerprint density at radius 1 is 0.700 bits per heavy atom. The van der Waals surface area contributed by atoms with E-state index in [1.54, 1.807) is 0 Å². The van der Waals surface area contributed by atoms with Crippen LogP contribution in [0.5, 0.6) is 0 Å². The Morgan fingerprint density at radius 3 is 1.30 bits per heavy atom. The molecule has 0 aromatic carbocycles. The van der Waals surface area contributed by atoms with Crippen LogP contribution in [0.25, 0.3) is 0 Å². The summed E-state index contributed by atoms with van der Waals surface area (Å²) in [7, 11) is -1.67. The minimum absolute atomic E-state index is 0.834. The van der Waals surface area contributed by atoms with Gasteiger partial charge in [-0.3, -0.25) is 0 Å². The highest BCUT2D eigenvalue weighted by atomic mass is 28.5. The van der Waals surface area contributed by atoms with Gasteiger partial charge < -0.3 is 9.30 Å². The Balaban J connectivity index is 1.69. The largest absolute Gasteiger partial charge is 0.336 e. The van der Waals surface area contributed by atoms with E-state index in [2.05, 4.69) is 9.30 Å². The van der Waals surface area contributed by atoms with Crippen molar-refractivity contribution in [1.29, 1.82) is 0 Å². The Labute approximate surface area is 63.7 Å². The summed E-state index contributed by atoms with van der Waals surface area (Å²) in [6.45, 7) is 0. The fourth-order valence-electron chi connectivity index (χ4n) is 2.48. The van der Waals surface area contributed by atoms with Crippen LogP contribution in [0.3, 0.4) is 0 Å². The SMILES string of the molecule is C1C[Si]2(C1)N[Si]1(CCC1)N2. The molecule has 2 nitrogen and oxygen atoms in total. The van der Waals surface area contributed by atoms with E-state index < -0.39 is 16.8 Å².